The average Bonchev–Trinajstić information content (AvgIpc) is 2.44. The van der Waals surface area contributed by atoms with Crippen LogP contribution in [0.5, 0.6) is 11.5 Å². The normalized spacial score (nSPS) is 11.3. The summed E-state index contributed by atoms with van der Waals surface area (Å²) >= 11 is 3.34. The summed E-state index contributed by atoms with van der Waals surface area (Å²) in [6, 6.07) is 4.95. The first-order chi connectivity index (χ1) is 9.53. The molecule has 0 bridgehead atoms. The number of nitriles is 1. The number of ether oxygens (including phenoxy) is 3. The molecule has 20 heavy (non-hydrogen) atoms. The van der Waals surface area contributed by atoms with Gasteiger partial charge in [-0.2, -0.15) is 5.26 Å². The van der Waals surface area contributed by atoms with Crippen molar-refractivity contribution in [2.24, 2.45) is 0 Å². The first-order valence-corrected chi connectivity index (χ1v) is 6.93. The van der Waals surface area contributed by atoms with Crippen LogP contribution < -0.4 is 9.47 Å². The van der Waals surface area contributed by atoms with Crippen LogP contribution in [0.2, 0.25) is 0 Å². The first kappa shape index (κ1) is 16.3. The number of halogens is 1. The van der Waals surface area contributed by atoms with Gasteiger partial charge in [0.2, 0.25) is 0 Å². The van der Waals surface area contributed by atoms with Gasteiger partial charge in [-0.15, -0.1) is 0 Å². The second-order valence-electron chi connectivity index (χ2n) is 4.01. The number of esters is 1. The fraction of sp³-hybridized carbons (Fsp3) is 0.429. The first-order valence-electron chi connectivity index (χ1n) is 6.14. The lowest BCUT2D eigenvalue weighted by molar-refractivity contribution is 0.0435. The smallest absolute Gasteiger partial charge is 0.339 e. The molecule has 0 heterocycles. The molecule has 0 aliphatic rings. The Morgan fingerprint density at radius 3 is 2.75 bits per heavy atom. The van der Waals surface area contributed by atoms with E-state index in [1.54, 1.807) is 6.07 Å². The topological polar surface area (TPSA) is 68.5 Å². The van der Waals surface area contributed by atoms with E-state index in [4.69, 9.17) is 19.5 Å². The highest BCUT2D eigenvalue weighted by atomic mass is 79.9. The standard InChI is InChI=1S/C14H16BrNO4/c1-4-5-19-13-11(15)6-10(7-12(13)18-3)14(17)20-9(2)8-16/h6-7,9H,4-5H2,1-3H3/t9-/m0/s1. The number of rotatable bonds is 6. The van der Waals surface area contributed by atoms with E-state index < -0.39 is 12.1 Å². The highest BCUT2D eigenvalue weighted by Crippen LogP contribution is 2.37. The molecular weight excluding hydrogens is 326 g/mol. The minimum Gasteiger partial charge on any atom is -0.493 e. The van der Waals surface area contributed by atoms with E-state index in [0.717, 1.165) is 6.42 Å². The van der Waals surface area contributed by atoms with Crippen LogP contribution in [0, 0.1) is 11.3 Å². The highest BCUT2D eigenvalue weighted by Gasteiger charge is 2.18. The van der Waals surface area contributed by atoms with Crippen LogP contribution in [0.25, 0.3) is 0 Å². The van der Waals surface area contributed by atoms with Crippen molar-refractivity contribution in [3.8, 4) is 17.6 Å². The van der Waals surface area contributed by atoms with E-state index >= 15 is 0 Å². The maximum Gasteiger partial charge on any atom is 0.339 e. The van der Waals surface area contributed by atoms with Gasteiger partial charge in [-0.1, -0.05) is 6.92 Å². The zero-order chi connectivity index (χ0) is 15.1. The van der Waals surface area contributed by atoms with Gasteiger partial charge in [-0.05, 0) is 41.4 Å². The summed E-state index contributed by atoms with van der Waals surface area (Å²) in [5, 5.41) is 8.65. The molecule has 0 N–H and O–H groups in total. The number of carbonyl (C=O) groups is 1. The summed E-state index contributed by atoms with van der Waals surface area (Å²) in [5.74, 6) is 0.392. The molecule has 6 heteroatoms. The van der Waals surface area contributed by atoms with Crippen LogP contribution in [0.4, 0.5) is 0 Å². The second-order valence-corrected chi connectivity index (χ2v) is 4.87. The lowest BCUT2D eigenvalue weighted by Gasteiger charge is -2.14. The fourth-order valence-corrected chi connectivity index (χ4v) is 1.99. The minimum atomic E-state index is -0.803. The van der Waals surface area contributed by atoms with Crippen LogP contribution in [0.3, 0.4) is 0 Å². The zero-order valence-electron chi connectivity index (χ0n) is 11.6. The molecule has 5 nitrogen and oxygen atoms in total. The zero-order valence-corrected chi connectivity index (χ0v) is 13.2. The van der Waals surface area contributed by atoms with E-state index in [0.29, 0.717) is 28.1 Å². The molecule has 0 aromatic heterocycles. The number of carbonyl (C=O) groups excluding carboxylic acids is 1. The van der Waals surface area contributed by atoms with Crippen LogP contribution in [0.15, 0.2) is 16.6 Å². The summed E-state index contributed by atoms with van der Waals surface area (Å²) in [4.78, 5) is 11.9. The largest absolute Gasteiger partial charge is 0.493 e. The fourth-order valence-electron chi connectivity index (χ4n) is 1.44. The van der Waals surface area contributed by atoms with Crippen molar-refractivity contribution in [3.63, 3.8) is 0 Å². The molecule has 0 radical (unpaired) electrons. The highest BCUT2D eigenvalue weighted by molar-refractivity contribution is 9.10. The molecule has 0 aliphatic carbocycles. The van der Waals surface area contributed by atoms with Crippen molar-refractivity contribution < 1.29 is 19.0 Å². The molecule has 0 fully saturated rings. The van der Waals surface area contributed by atoms with Crippen molar-refractivity contribution in [1.82, 2.24) is 0 Å². The van der Waals surface area contributed by atoms with Gasteiger partial charge >= 0.3 is 5.97 Å². The number of hydrogen-bond acceptors (Lipinski definition) is 5. The number of hydrogen-bond donors (Lipinski definition) is 0. The summed E-state index contributed by atoms with van der Waals surface area (Å²) in [7, 11) is 1.49. The summed E-state index contributed by atoms with van der Waals surface area (Å²) in [6.45, 7) is 4.04. The Labute approximate surface area is 126 Å². The SMILES string of the molecule is CCCOc1c(Br)cc(C(=O)O[C@@H](C)C#N)cc1OC. The minimum absolute atomic E-state index is 0.291. The molecular formula is C14H16BrNO4. The second kappa shape index (κ2) is 7.75. The van der Waals surface area contributed by atoms with Crippen LogP contribution in [-0.2, 0) is 4.74 Å². The quantitative estimate of drug-likeness (QED) is 0.742. The van der Waals surface area contributed by atoms with Gasteiger partial charge in [0.05, 0.1) is 23.8 Å². The molecule has 0 unspecified atom stereocenters. The van der Waals surface area contributed by atoms with E-state index in [9.17, 15) is 4.79 Å². The van der Waals surface area contributed by atoms with Gasteiger partial charge < -0.3 is 14.2 Å². The molecule has 1 rings (SSSR count). The summed E-state index contributed by atoms with van der Waals surface area (Å²) in [5.41, 5.74) is 0.291. The van der Waals surface area contributed by atoms with Crippen LogP contribution >= 0.6 is 15.9 Å². The third-order valence-electron chi connectivity index (χ3n) is 2.38. The summed E-state index contributed by atoms with van der Waals surface area (Å²) in [6.07, 6.45) is 0.0577. The molecule has 1 atom stereocenters. The monoisotopic (exact) mass is 341 g/mol. The lowest BCUT2D eigenvalue weighted by atomic mass is 10.2. The maximum absolute atomic E-state index is 11.9. The Bertz CT molecular complexity index is 525. The van der Waals surface area contributed by atoms with Crippen molar-refractivity contribution in [2.75, 3.05) is 13.7 Å². The molecule has 108 valence electrons. The van der Waals surface area contributed by atoms with Crippen molar-refractivity contribution in [1.29, 1.82) is 5.26 Å². The molecule has 0 amide bonds. The van der Waals surface area contributed by atoms with E-state index in [1.165, 1.54) is 20.1 Å². The van der Waals surface area contributed by atoms with Gasteiger partial charge in [0.1, 0.15) is 6.07 Å². The molecule has 0 spiro atoms. The molecule has 1 aromatic rings. The average molecular weight is 342 g/mol. The predicted octanol–water partition coefficient (Wildman–Crippen LogP) is 3.32. The predicted molar refractivity (Wildman–Crippen MR) is 77.0 cm³/mol. The number of benzene rings is 1. The lowest BCUT2D eigenvalue weighted by Crippen LogP contribution is -2.13. The maximum atomic E-state index is 11.9. The van der Waals surface area contributed by atoms with Gasteiger partial charge in [0, 0.05) is 0 Å². The van der Waals surface area contributed by atoms with Gasteiger partial charge in [0.15, 0.2) is 17.6 Å². The number of nitrogens with zero attached hydrogens (tertiary/aromatic N) is 1. The Kier molecular flexibility index (Phi) is 6.32. The van der Waals surface area contributed by atoms with Crippen LogP contribution in [0.1, 0.15) is 30.6 Å². The Morgan fingerprint density at radius 2 is 2.20 bits per heavy atom. The van der Waals surface area contributed by atoms with E-state index in [2.05, 4.69) is 15.9 Å². The van der Waals surface area contributed by atoms with E-state index in [1.807, 2.05) is 13.0 Å². The van der Waals surface area contributed by atoms with Gasteiger partial charge in [-0.25, -0.2) is 4.79 Å². The molecule has 0 saturated heterocycles. The Balaban J connectivity index is 3.04. The molecule has 0 aliphatic heterocycles. The third kappa shape index (κ3) is 4.14. The van der Waals surface area contributed by atoms with Crippen molar-refractivity contribution in [2.45, 2.75) is 26.4 Å². The third-order valence-corrected chi connectivity index (χ3v) is 2.97. The Morgan fingerprint density at radius 1 is 1.50 bits per heavy atom. The summed E-state index contributed by atoms with van der Waals surface area (Å²) < 4.78 is 16.3. The molecule has 1 aromatic carbocycles. The van der Waals surface area contributed by atoms with Gasteiger partial charge in [0.25, 0.3) is 0 Å². The van der Waals surface area contributed by atoms with Crippen molar-refractivity contribution >= 4 is 21.9 Å². The molecule has 0 saturated carbocycles. The Hall–Kier alpha value is -1.74. The van der Waals surface area contributed by atoms with Crippen molar-refractivity contribution in [3.05, 3.63) is 22.2 Å². The van der Waals surface area contributed by atoms with E-state index in [-0.39, 0.29) is 0 Å². The number of methoxy groups -OCH3 is 1. The van der Waals surface area contributed by atoms with Gasteiger partial charge in [-0.3, -0.25) is 0 Å². The van der Waals surface area contributed by atoms with Crippen LogP contribution in [-0.4, -0.2) is 25.8 Å².